The smallest absolute Gasteiger partial charge is 0.0156 e. The molecule has 0 aromatic carbocycles. The van der Waals surface area contributed by atoms with Crippen molar-refractivity contribution in [2.75, 3.05) is 20.6 Å². The summed E-state index contributed by atoms with van der Waals surface area (Å²) in [7, 11) is 4.01. The summed E-state index contributed by atoms with van der Waals surface area (Å²) >= 11 is 0. The van der Waals surface area contributed by atoms with Crippen molar-refractivity contribution in [3.63, 3.8) is 0 Å². The summed E-state index contributed by atoms with van der Waals surface area (Å²) in [6.07, 6.45) is 3.02. The second-order valence-electron chi connectivity index (χ2n) is 3.89. The monoisotopic (exact) mass is 156 g/mol. The molecule has 11 heavy (non-hydrogen) atoms. The van der Waals surface area contributed by atoms with Crippen LogP contribution in [-0.2, 0) is 0 Å². The normalized spacial score (nSPS) is 12.1. The summed E-state index contributed by atoms with van der Waals surface area (Å²) in [5, 5.41) is 1.98. The number of rotatable bonds is 5. The largest absolute Gasteiger partial charge is 0.255 e. The standard InChI is InChI=1S/C9H20N2/c1-6-7-9(2,3)8-10-11(4)5/h6,10H,1,7-8H2,2-5H3. The molecule has 0 aliphatic heterocycles. The summed E-state index contributed by atoms with van der Waals surface area (Å²) in [6.45, 7) is 9.18. The maximum absolute atomic E-state index is 3.73. The fraction of sp³-hybridized carbons (Fsp3) is 0.778. The van der Waals surface area contributed by atoms with E-state index in [-0.39, 0.29) is 0 Å². The third-order valence-electron chi connectivity index (χ3n) is 1.57. The van der Waals surface area contributed by atoms with Gasteiger partial charge in [0.05, 0.1) is 0 Å². The molecule has 0 unspecified atom stereocenters. The lowest BCUT2D eigenvalue weighted by molar-refractivity contribution is 0.220. The molecule has 2 heteroatoms. The minimum Gasteiger partial charge on any atom is -0.255 e. The van der Waals surface area contributed by atoms with E-state index >= 15 is 0 Å². The molecule has 0 saturated heterocycles. The van der Waals surface area contributed by atoms with E-state index in [1.165, 1.54) is 0 Å². The Morgan fingerprint density at radius 3 is 2.36 bits per heavy atom. The van der Waals surface area contributed by atoms with Crippen LogP contribution < -0.4 is 5.43 Å². The highest BCUT2D eigenvalue weighted by Crippen LogP contribution is 2.18. The molecule has 0 amide bonds. The van der Waals surface area contributed by atoms with Crippen molar-refractivity contribution in [3.8, 4) is 0 Å². The van der Waals surface area contributed by atoms with Gasteiger partial charge in [-0.05, 0) is 11.8 Å². The van der Waals surface area contributed by atoms with E-state index in [1.54, 1.807) is 0 Å². The average Bonchev–Trinajstić information content (AvgIpc) is 1.84. The van der Waals surface area contributed by atoms with Crippen molar-refractivity contribution in [2.45, 2.75) is 20.3 Å². The second kappa shape index (κ2) is 4.52. The molecule has 0 aliphatic rings. The van der Waals surface area contributed by atoms with Crippen LogP contribution in [0.5, 0.6) is 0 Å². The molecule has 0 aromatic heterocycles. The zero-order valence-corrected chi connectivity index (χ0v) is 8.15. The lowest BCUT2D eigenvalue weighted by atomic mass is 9.90. The highest BCUT2D eigenvalue weighted by atomic mass is 15.5. The van der Waals surface area contributed by atoms with E-state index in [0.717, 1.165) is 13.0 Å². The van der Waals surface area contributed by atoms with Crippen molar-refractivity contribution in [1.29, 1.82) is 0 Å². The summed E-state index contributed by atoms with van der Waals surface area (Å²) in [5.41, 5.74) is 3.57. The van der Waals surface area contributed by atoms with Crippen LogP contribution in [-0.4, -0.2) is 25.6 Å². The van der Waals surface area contributed by atoms with Crippen molar-refractivity contribution < 1.29 is 0 Å². The van der Waals surface area contributed by atoms with Crippen LogP contribution in [0.4, 0.5) is 0 Å². The first-order valence-electron chi connectivity index (χ1n) is 4.00. The van der Waals surface area contributed by atoms with E-state index in [9.17, 15) is 0 Å². The SMILES string of the molecule is C=CCC(C)(C)CNN(C)C. The van der Waals surface area contributed by atoms with Gasteiger partial charge in [-0.3, -0.25) is 10.4 Å². The lowest BCUT2D eigenvalue weighted by Crippen LogP contribution is -2.38. The van der Waals surface area contributed by atoms with Crippen LogP contribution in [0.2, 0.25) is 0 Å². The van der Waals surface area contributed by atoms with Crippen LogP contribution in [0.1, 0.15) is 20.3 Å². The molecular formula is C9H20N2. The zero-order valence-electron chi connectivity index (χ0n) is 8.15. The van der Waals surface area contributed by atoms with Gasteiger partial charge < -0.3 is 0 Å². The number of hydrazine groups is 1. The Hall–Kier alpha value is -0.340. The van der Waals surface area contributed by atoms with Gasteiger partial charge in [0.25, 0.3) is 0 Å². The molecule has 0 fully saturated rings. The molecule has 0 rings (SSSR count). The number of hydrogen-bond donors (Lipinski definition) is 1. The number of nitrogens with zero attached hydrogens (tertiary/aromatic N) is 1. The topological polar surface area (TPSA) is 15.3 Å². The second-order valence-corrected chi connectivity index (χ2v) is 3.89. The highest BCUT2D eigenvalue weighted by Gasteiger charge is 2.14. The van der Waals surface area contributed by atoms with E-state index in [2.05, 4.69) is 25.9 Å². The maximum Gasteiger partial charge on any atom is 0.0156 e. The quantitative estimate of drug-likeness (QED) is 0.481. The molecule has 0 heterocycles. The van der Waals surface area contributed by atoms with E-state index in [0.29, 0.717) is 5.41 Å². The molecule has 66 valence electrons. The molecule has 0 aliphatic carbocycles. The average molecular weight is 156 g/mol. The van der Waals surface area contributed by atoms with Crippen LogP contribution in [0.3, 0.4) is 0 Å². The minimum atomic E-state index is 0.312. The third-order valence-corrected chi connectivity index (χ3v) is 1.57. The van der Waals surface area contributed by atoms with E-state index in [4.69, 9.17) is 0 Å². The molecule has 1 N–H and O–H groups in total. The molecule has 0 atom stereocenters. The van der Waals surface area contributed by atoms with Crippen molar-refractivity contribution in [1.82, 2.24) is 10.4 Å². The number of hydrogen-bond acceptors (Lipinski definition) is 2. The first-order valence-corrected chi connectivity index (χ1v) is 4.00. The third kappa shape index (κ3) is 6.07. The van der Waals surface area contributed by atoms with Crippen LogP contribution in [0.25, 0.3) is 0 Å². The molecule has 0 saturated carbocycles. The van der Waals surface area contributed by atoms with Gasteiger partial charge in [0, 0.05) is 20.6 Å². The Morgan fingerprint density at radius 2 is 2.00 bits per heavy atom. The Labute approximate surface area is 70.2 Å². The molecule has 0 aromatic rings. The van der Waals surface area contributed by atoms with Gasteiger partial charge in [-0.25, -0.2) is 0 Å². The van der Waals surface area contributed by atoms with Crippen LogP contribution >= 0.6 is 0 Å². The van der Waals surface area contributed by atoms with Gasteiger partial charge in [-0.1, -0.05) is 19.9 Å². The summed E-state index contributed by atoms with van der Waals surface area (Å²) in [5.74, 6) is 0. The maximum atomic E-state index is 3.73. The molecule has 2 nitrogen and oxygen atoms in total. The Balaban J connectivity index is 3.62. The lowest BCUT2D eigenvalue weighted by Gasteiger charge is -2.25. The molecular weight excluding hydrogens is 136 g/mol. The molecule has 0 bridgehead atoms. The number of nitrogens with one attached hydrogen (secondary N) is 1. The van der Waals surface area contributed by atoms with Gasteiger partial charge in [0.2, 0.25) is 0 Å². The fourth-order valence-corrected chi connectivity index (χ4v) is 0.835. The summed E-state index contributed by atoms with van der Waals surface area (Å²) in [6, 6.07) is 0. The van der Waals surface area contributed by atoms with Crippen LogP contribution in [0, 0.1) is 5.41 Å². The zero-order chi connectivity index (χ0) is 8.91. The first kappa shape index (κ1) is 10.7. The van der Waals surface area contributed by atoms with Gasteiger partial charge in [0.15, 0.2) is 0 Å². The van der Waals surface area contributed by atoms with Crippen molar-refractivity contribution >= 4 is 0 Å². The van der Waals surface area contributed by atoms with E-state index < -0.39 is 0 Å². The first-order chi connectivity index (χ1) is 4.98. The highest BCUT2D eigenvalue weighted by molar-refractivity contribution is 4.80. The van der Waals surface area contributed by atoms with Gasteiger partial charge in [0.1, 0.15) is 0 Å². The van der Waals surface area contributed by atoms with Crippen LogP contribution in [0.15, 0.2) is 12.7 Å². The Kier molecular flexibility index (Phi) is 4.38. The van der Waals surface area contributed by atoms with Crippen molar-refractivity contribution in [3.05, 3.63) is 12.7 Å². The Bertz CT molecular complexity index is 117. The van der Waals surface area contributed by atoms with Gasteiger partial charge in [-0.15, -0.1) is 6.58 Å². The number of allylic oxidation sites excluding steroid dienone is 1. The summed E-state index contributed by atoms with van der Waals surface area (Å²) in [4.78, 5) is 0. The predicted octanol–water partition coefficient (Wildman–Crippen LogP) is 1.65. The van der Waals surface area contributed by atoms with Gasteiger partial charge in [-0.2, -0.15) is 0 Å². The molecule has 0 radical (unpaired) electrons. The Morgan fingerprint density at radius 1 is 1.45 bits per heavy atom. The van der Waals surface area contributed by atoms with E-state index in [1.807, 2.05) is 25.2 Å². The van der Waals surface area contributed by atoms with Gasteiger partial charge >= 0.3 is 0 Å². The fourth-order valence-electron chi connectivity index (χ4n) is 0.835. The predicted molar refractivity (Wildman–Crippen MR) is 50.3 cm³/mol. The van der Waals surface area contributed by atoms with Crippen molar-refractivity contribution in [2.24, 2.45) is 5.41 Å². The minimum absolute atomic E-state index is 0.312. The summed E-state index contributed by atoms with van der Waals surface area (Å²) < 4.78 is 0. The molecule has 0 spiro atoms.